The molecule has 0 aliphatic carbocycles. The molecule has 1 aliphatic heterocycles. The molecule has 2 N–H and O–H groups in total. The molecular formula is C29H31ClF2N6O5S. The minimum absolute atomic E-state index is 0.0256. The first-order valence-corrected chi connectivity index (χ1v) is 15.7. The number of halogens is 3. The van der Waals surface area contributed by atoms with Crippen LogP contribution in [0.15, 0.2) is 41.6 Å². The van der Waals surface area contributed by atoms with E-state index in [0.29, 0.717) is 37.0 Å². The zero-order chi connectivity index (χ0) is 32.0. The van der Waals surface area contributed by atoms with E-state index in [2.05, 4.69) is 9.97 Å². The summed E-state index contributed by atoms with van der Waals surface area (Å²) >= 11 is 6.04. The third kappa shape index (κ3) is 6.13. The molecule has 0 bridgehead atoms. The number of hydrogen-bond donors (Lipinski definition) is 1. The highest BCUT2D eigenvalue weighted by Crippen LogP contribution is 2.37. The van der Waals surface area contributed by atoms with Crippen LogP contribution in [0.5, 0.6) is 5.75 Å². The second-order valence-electron chi connectivity index (χ2n) is 11.4. The molecule has 1 aliphatic rings. The topological polar surface area (TPSA) is 143 Å². The van der Waals surface area contributed by atoms with Gasteiger partial charge in [0.25, 0.3) is 0 Å². The van der Waals surface area contributed by atoms with Crippen molar-refractivity contribution in [3.63, 3.8) is 0 Å². The van der Waals surface area contributed by atoms with Crippen LogP contribution >= 0.6 is 11.6 Å². The number of hydrogen-bond acceptors (Lipinski definition) is 9. The van der Waals surface area contributed by atoms with Crippen LogP contribution in [-0.2, 0) is 20.3 Å². The Morgan fingerprint density at radius 3 is 2.52 bits per heavy atom. The fourth-order valence-electron chi connectivity index (χ4n) is 5.12. The Balaban J connectivity index is 1.48. The van der Waals surface area contributed by atoms with E-state index >= 15 is 4.39 Å². The summed E-state index contributed by atoms with van der Waals surface area (Å²) in [5.41, 5.74) is 5.86. The standard InChI is InChI=1S/C29H31ClF2N6O5S/c1-29(2,3)43-28(39)37-10-8-17(9-11-37)38-27-23(26(33)34-15-35-27)25(36-38)18-7-5-6-16(24(18)32)14-44(40,41)22-12-19(30)21(42-4)13-20(22)31/h5-7,12-13,15,17H,8-11,14H2,1-4H3,(H2,33,34,35). The van der Waals surface area contributed by atoms with E-state index in [-0.39, 0.29) is 39.5 Å². The summed E-state index contributed by atoms with van der Waals surface area (Å²) < 4.78 is 69.3. The third-order valence-electron chi connectivity index (χ3n) is 7.20. The molecule has 2 aromatic heterocycles. The van der Waals surface area contributed by atoms with Gasteiger partial charge in [-0.25, -0.2) is 36.6 Å². The molecule has 0 saturated carbocycles. The van der Waals surface area contributed by atoms with Crippen LogP contribution in [0.2, 0.25) is 5.02 Å². The van der Waals surface area contributed by atoms with E-state index in [0.717, 1.165) is 12.1 Å². The van der Waals surface area contributed by atoms with E-state index < -0.39 is 43.8 Å². The maximum atomic E-state index is 16.1. The van der Waals surface area contributed by atoms with E-state index in [4.69, 9.17) is 31.9 Å². The molecule has 3 heterocycles. The monoisotopic (exact) mass is 648 g/mol. The molecule has 44 heavy (non-hydrogen) atoms. The van der Waals surface area contributed by atoms with Crippen molar-refractivity contribution in [2.24, 2.45) is 0 Å². The number of sulfone groups is 1. The SMILES string of the molecule is COc1cc(F)c(S(=O)(=O)Cc2cccc(-c3nn(C4CCN(C(=O)OC(C)(C)C)CC4)c4ncnc(N)c34)c2F)cc1Cl. The van der Waals surface area contributed by atoms with Gasteiger partial charge < -0.3 is 20.1 Å². The number of aromatic nitrogens is 4. The van der Waals surface area contributed by atoms with E-state index in [1.165, 1.54) is 31.6 Å². The lowest BCUT2D eigenvalue weighted by Gasteiger charge is -2.33. The second kappa shape index (κ2) is 11.8. The molecule has 1 saturated heterocycles. The number of rotatable bonds is 6. The third-order valence-corrected chi connectivity index (χ3v) is 9.17. The molecule has 4 aromatic rings. The number of carbonyl (C=O) groups excluding carboxylic acids is 1. The minimum Gasteiger partial charge on any atom is -0.495 e. The van der Waals surface area contributed by atoms with Crippen LogP contribution in [0.4, 0.5) is 19.4 Å². The van der Waals surface area contributed by atoms with Gasteiger partial charge in [0.1, 0.15) is 45.7 Å². The number of nitrogens with two attached hydrogens (primary N) is 1. The zero-order valence-corrected chi connectivity index (χ0v) is 26.0. The van der Waals surface area contributed by atoms with Crippen molar-refractivity contribution in [2.45, 2.75) is 55.9 Å². The van der Waals surface area contributed by atoms with Crippen LogP contribution < -0.4 is 10.5 Å². The van der Waals surface area contributed by atoms with Crippen molar-refractivity contribution in [1.29, 1.82) is 0 Å². The molecule has 2 aromatic carbocycles. The van der Waals surface area contributed by atoms with E-state index in [9.17, 15) is 17.6 Å². The zero-order valence-electron chi connectivity index (χ0n) is 24.5. The minimum atomic E-state index is -4.37. The first kappa shape index (κ1) is 31.4. The predicted molar refractivity (Wildman–Crippen MR) is 160 cm³/mol. The fourth-order valence-corrected chi connectivity index (χ4v) is 6.87. The molecule has 234 valence electrons. The van der Waals surface area contributed by atoms with Crippen LogP contribution in [0.25, 0.3) is 22.3 Å². The maximum Gasteiger partial charge on any atom is 0.410 e. The van der Waals surface area contributed by atoms with Crippen LogP contribution in [0.3, 0.4) is 0 Å². The van der Waals surface area contributed by atoms with Crippen molar-refractivity contribution in [3.05, 3.63) is 58.9 Å². The van der Waals surface area contributed by atoms with Crippen molar-refractivity contribution in [1.82, 2.24) is 24.6 Å². The lowest BCUT2D eigenvalue weighted by molar-refractivity contribution is 0.0186. The highest BCUT2D eigenvalue weighted by Gasteiger charge is 2.31. The van der Waals surface area contributed by atoms with Gasteiger partial charge >= 0.3 is 6.09 Å². The Bertz CT molecular complexity index is 1850. The summed E-state index contributed by atoms with van der Waals surface area (Å²) in [4.78, 5) is 21.9. The first-order chi connectivity index (χ1) is 20.7. The number of methoxy groups -OCH3 is 1. The summed E-state index contributed by atoms with van der Waals surface area (Å²) in [6.07, 6.45) is 1.93. The number of piperidine rings is 1. The quantitative estimate of drug-likeness (QED) is 0.284. The maximum absolute atomic E-state index is 16.1. The Hall–Kier alpha value is -4.04. The predicted octanol–water partition coefficient (Wildman–Crippen LogP) is 5.56. The van der Waals surface area contributed by atoms with Crippen LogP contribution in [0, 0.1) is 11.6 Å². The summed E-state index contributed by atoms with van der Waals surface area (Å²) in [5, 5.41) is 4.89. The summed E-state index contributed by atoms with van der Waals surface area (Å²) in [7, 11) is -3.10. The molecule has 1 amide bonds. The van der Waals surface area contributed by atoms with Crippen LogP contribution in [-0.4, -0.2) is 65.0 Å². The van der Waals surface area contributed by atoms with Crippen LogP contribution in [0.1, 0.15) is 45.2 Å². The van der Waals surface area contributed by atoms with Gasteiger partial charge in [-0.15, -0.1) is 0 Å². The van der Waals surface area contributed by atoms with Gasteiger partial charge in [0.05, 0.1) is 29.3 Å². The number of fused-ring (bicyclic) bond motifs is 1. The van der Waals surface area contributed by atoms with Crippen molar-refractivity contribution < 1.29 is 31.5 Å². The number of ether oxygens (including phenoxy) is 2. The Morgan fingerprint density at radius 1 is 1.16 bits per heavy atom. The van der Waals surface area contributed by atoms with Gasteiger partial charge in [-0.1, -0.05) is 23.7 Å². The fraction of sp³-hybridized carbons (Fsp3) is 0.379. The highest BCUT2D eigenvalue weighted by atomic mass is 35.5. The summed E-state index contributed by atoms with van der Waals surface area (Å²) in [5.74, 6) is -2.76. The number of anilines is 1. The average molecular weight is 649 g/mol. The first-order valence-electron chi connectivity index (χ1n) is 13.7. The summed E-state index contributed by atoms with van der Waals surface area (Å²) in [6, 6.07) is 5.82. The van der Waals surface area contributed by atoms with Crippen molar-refractivity contribution in [2.75, 3.05) is 25.9 Å². The molecular weight excluding hydrogens is 618 g/mol. The van der Waals surface area contributed by atoms with Gasteiger partial charge in [0.2, 0.25) is 0 Å². The molecule has 15 heteroatoms. The molecule has 0 radical (unpaired) electrons. The number of nitrogens with zero attached hydrogens (tertiary/aromatic N) is 5. The molecule has 0 atom stereocenters. The number of benzene rings is 2. The number of nitrogen functional groups attached to an aromatic ring is 1. The van der Waals surface area contributed by atoms with Crippen molar-refractivity contribution >= 4 is 44.4 Å². The van der Waals surface area contributed by atoms with Gasteiger partial charge in [0.15, 0.2) is 15.5 Å². The van der Waals surface area contributed by atoms with Crippen molar-refractivity contribution in [3.8, 4) is 17.0 Å². The van der Waals surface area contributed by atoms with Gasteiger partial charge in [0, 0.05) is 30.3 Å². The Labute approximate surface area is 257 Å². The van der Waals surface area contributed by atoms with E-state index in [1.54, 1.807) is 30.4 Å². The van der Waals surface area contributed by atoms with Gasteiger partial charge in [-0.05, 0) is 45.7 Å². The average Bonchev–Trinajstić information content (AvgIpc) is 3.35. The normalized spacial score (nSPS) is 14.7. The molecule has 0 spiro atoms. The molecule has 0 unspecified atom stereocenters. The smallest absolute Gasteiger partial charge is 0.410 e. The summed E-state index contributed by atoms with van der Waals surface area (Å²) in [6.45, 7) is 6.22. The Kier molecular flexibility index (Phi) is 8.42. The number of likely N-dealkylation sites (tertiary alicyclic amines) is 1. The molecule has 1 fully saturated rings. The van der Waals surface area contributed by atoms with E-state index in [1.807, 2.05) is 0 Å². The lowest BCUT2D eigenvalue weighted by Crippen LogP contribution is -2.42. The second-order valence-corrected chi connectivity index (χ2v) is 13.8. The number of amides is 1. The molecule has 11 nitrogen and oxygen atoms in total. The molecule has 5 rings (SSSR count). The van der Waals surface area contributed by atoms with Gasteiger partial charge in [-0.2, -0.15) is 5.10 Å². The Morgan fingerprint density at radius 2 is 1.86 bits per heavy atom. The lowest BCUT2D eigenvalue weighted by atomic mass is 10.1. The number of carbonyl (C=O) groups is 1. The largest absolute Gasteiger partial charge is 0.495 e. The highest BCUT2D eigenvalue weighted by molar-refractivity contribution is 7.90. The van der Waals surface area contributed by atoms with Gasteiger partial charge in [-0.3, -0.25) is 0 Å².